The fourth-order valence-corrected chi connectivity index (χ4v) is 3.11. The molecule has 0 spiro atoms. The summed E-state index contributed by atoms with van der Waals surface area (Å²) in [7, 11) is 0. The number of anilines is 2. The maximum atomic E-state index is 5.76. The summed E-state index contributed by atoms with van der Waals surface area (Å²) in [6.07, 6.45) is 2.18. The minimum Gasteiger partial charge on any atom is -0.474 e. The molecule has 1 fully saturated rings. The Morgan fingerprint density at radius 3 is 2.50 bits per heavy atom. The van der Waals surface area contributed by atoms with Crippen molar-refractivity contribution < 1.29 is 4.74 Å². The van der Waals surface area contributed by atoms with Crippen molar-refractivity contribution in [3.05, 3.63) is 30.3 Å². The van der Waals surface area contributed by atoms with Crippen LogP contribution in [-0.4, -0.2) is 41.5 Å². The molecule has 0 unspecified atom stereocenters. The van der Waals surface area contributed by atoms with Crippen molar-refractivity contribution in [3.8, 4) is 5.88 Å². The predicted octanol–water partition coefficient (Wildman–Crippen LogP) is 3.04. The van der Waals surface area contributed by atoms with Crippen molar-refractivity contribution in [2.45, 2.75) is 19.8 Å². The molecule has 1 aliphatic rings. The van der Waals surface area contributed by atoms with Crippen LogP contribution in [-0.2, 0) is 0 Å². The van der Waals surface area contributed by atoms with Gasteiger partial charge < -0.3 is 14.5 Å². The fraction of sp³-hybridized carbons (Fsp3) is 0.500. The summed E-state index contributed by atoms with van der Waals surface area (Å²) in [5, 5.41) is 0. The Morgan fingerprint density at radius 2 is 1.77 bits per heavy atom. The van der Waals surface area contributed by atoms with E-state index in [1.54, 1.807) is 0 Å². The van der Waals surface area contributed by atoms with Crippen molar-refractivity contribution in [3.63, 3.8) is 0 Å². The molecule has 0 amide bonds. The zero-order chi connectivity index (χ0) is 15.2. The Hall–Kier alpha value is -1.82. The summed E-state index contributed by atoms with van der Waals surface area (Å²) < 4.78 is 14.5. The lowest BCUT2D eigenvalue weighted by molar-refractivity contribution is 0.300. The highest BCUT2D eigenvalue weighted by Crippen LogP contribution is 2.27. The minimum atomic E-state index is 0.701. The Kier molecular flexibility index (Phi) is 5.11. The van der Waals surface area contributed by atoms with Crippen LogP contribution in [0.3, 0.4) is 0 Å². The average Bonchev–Trinajstić information content (AvgIpc) is 3.05. The van der Waals surface area contributed by atoms with E-state index in [0.717, 1.165) is 51.4 Å². The molecule has 1 aromatic carbocycles. The van der Waals surface area contributed by atoms with E-state index in [1.165, 1.54) is 17.4 Å². The van der Waals surface area contributed by atoms with E-state index in [1.807, 2.05) is 0 Å². The molecule has 6 heteroatoms. The van der Waals surface area contributed by atoms with Crippen LogP contribution < -0.4 is 14.5 Å². The normalized spacial score (nSPS) is 15.1. The van der Waals surface area contributed by atoms with E-state index in [2.05, 4.69) is 55.8 Å². The van der Waals surface area contributed by atoms with E-state index in [-0.39, 0.29) is 0 Å². The van der Waals surface area contributed by atoms with Crippen molar-refractivity contribution in [1.82, 2.24) is 8.75 Å². The minimum absolute atomic E-state index is 0.701. The van der Waals surface area contributed by atoms with Crippen LogP contribution in [0.5, 0.6) is 5.88 Å². The molecule has 22 heavy (non-hydrogen) atoms. The van der Waals surface area contributed by atoms with E-state index >= 15 is 0 Å². The molecule has 1 aromatic heterocycles. The second-order valence-electron chi connectivity index (χ2n) is 5.40. The first-order chi connectivity index (χ1) is 10.9. The van der Waals surface area contributed by atoms with Gasteiger partial charge in [-0.25, -0.2) is 0 Å². The zero-order valence-electron chi connectivity index (χ0n) is 12.9. The van der Waals surface area contributed by atoms with Gasteiger partial charge in [-0.2, -0.15) is 4.37 Å². The quantitative estimate of drug-likeness (QED) is 0.766. The highest BCUT2D eigenvalue weighted by molar-refractivity contribution is 6.99. The fourth-order valence-electron chi connectivity index (χ4n) is 2.59. The van der Waals surface area contributed by atoms with Gasteiger partial charge in [0.1, 0.15) is 0 Å². The molecule has 0 N–H and O–H groups in total. The summed E-state index contributed by atoms with van der Waals surface area (Å²) in [5.74, 6) is 1.61. The highest BCUT2D eigenvalue weighted by Gasteiger charge is 2.22. The summed E-state index contributed by atoms with van der Waals surface area (Å²) >= 11 is 1.23. The first-order valence-corrected chi connectivity index (χ1v) is 8.62. The smallest absolute Gasteiger partial charge is 0.270 e. The molecular weight excluding hydrogens is 296 g/mol. The number of para-hydroxylation sites is 1. The molecule has 2 heterocycles. The van der Waals surface area contributed by atoms with E-state index < -0.39 is 0 Å². The van der Waals surface area contributed by atoms with Gasteiger partial charge in [0.25, 0.3) is 5.88 Å². The molecule has 5 nitrogen and oxygen atoms in total. The standard InChI is InChI=1S/C16H22N4OS/c1-2-3-13-21-16-15(17-22-18-16)20-11-9-19(10-12-20)14-7-5-4-6-8-14/h4-8H,2-3,9-13H2,1H3. The Bertz CT molecular complexity index is 567. The van der Waals surface area contributed by atoms with Gasteiger partial charge in [-0.15, -0.1) is 4.37 Å². The van der Waals surface area contributed by atoms with E-state index in [0.29, 0.717) is 5.88 Å². The van der Waals surface area contributed by atoms with Crippen LogP contribution in [0.15, 0.2) is 30.3 Å². The number of rotatable bonds is 6. The lowest BCUT2D eigenvalue weighted by Crippen LogP contribution is -2.46. The predicted molar refractivity (Wildman–Crippen MR) is 91.2 cm³/mol. The summed E-state index contributed by atoms with van der Waals surface area (Å²) in [6, 6.07) is 10.6. The highest BCUT2D eigenvalue weighted by atomic mass is 32.1. The SMILES string of the molecule is CCCCOc1nsnc1N1CCN(c2ccccc2)CC1. The average molecular weight is 318 g/mol. The first-order valence-electron chi connectivity index (χ1n) is 7.89. The van der Waals surface area contributed by atoms with Gasteiger partial charge in [-0.3, -0.25) is 0 Å². The number of hydrogen-bond acceptors (Lipinski definition) is 6. The molecule has 0 bridgehead atoms. The Labute approximate surface area is 135 Å². The lowest BCUT2D eigenvalue weighted by Gasteiger charge is -2.36. The number of hydrogen-bond donors (Lipinski definition) is 0. The van der Waals surface area contributed by atoms with Gasteiger partial charge >= 0.3 is 0 Å². The van der Waals surface area contributed by atoms with Gasteiger partial charge in [-0.1, -0.05) is 31.5 Å². The van der Waals surface area contributed by atoms with Crippen LogP contribution in [0.4, 0.5) is 11.5 Å². The summed E-state index contributed by atoms with van der Waals surface area (Å²) in [6.45, 7) is 6.77. The van der Waals surface area contributed by atoms with Gasteiger partial charge in [0, 0.05) is 31.9 Å². The van der Waals surface area contributed by atoms with Crippen molar-refractivity contribution >= 4 is 23.2 Å². The molecule has 0 aliphatic carbocycles. The third-order valence-corrected chi connectivity index (χ3v) is 4.38. The van der Waals surface area contributed by atoms with Crippen molar-refractivity contribution in [2.75, 3.05) is 42.6 Å². The van der Waals surface area contributed by atoms with Crippen LogP contribution in [0.2, 0.25) is 0 Å². The second kappa shape index (κ2) is 7.45. The zero-order valence-corrected chi connectivity index (χ0v) is 13.8. The maximum Gasteiger partial charge on any atom is 0.270 e. The molecule has 3 rings (SSSR count). The summed E-state index contributed by atoms with van der Waals surface area (Å²) in [4.78, 5) is 4.69. The summed E-state index contributed by atoms with van der Waals surface area (Å²) in [5.41, 5.74) is 1.29. The number of nitrogens with zero attached hydrogens (tertiary/aromatic N) is 4. The number of benzene rings is 1. The number of unbranched alkanes of at least 4 members (excludes halogenated alkanes) is 1. The number of ether oxygens (including phenoxy) is 1. The topological polar surface area (TPSA) is 41.5 Å². The van der Waals surface area contributed by atoms with Gasteiger partial charge in [0.2, 0.25) is 5.82 Å². The molecule has 118 valence electrons. The van der Waals surface area contributed by atoms with Crippen LogP contribution in [0, 0.1) is 0 Å². The third-order valence-electron chi connectivity index (χ3n) is 3.88. The number of piperazine rings is 1. The molecule has 2 aromatic rings. The molecule has 1 saturated heterocycles. The maximum absolute atomic E-state index is 5.76. The van der Waals surface area contributed by atoms with Crippen LogP contribution in [0.25, 0.3) is 0 Å². The third kappa shape index (κ3) is 3.50. The van der Waals surface area contributed by atoms with Gasteiger partial charge in [-0.05, 0) is 18.6 Å². The Morgan fingerprint density at radius 1 is 1.05 bits per heavy atom. The number of aromatic nitrogens is 2. The van der Waals surface area contributed by atoms with E-state index in [9.17, 15) is 0 Å². The van der Waals surface area contributed by atoms with Crippen molar-refractivity contribution in [2.24, 2.45) is 0 Å². The monoisotopic (exact) mass is 318 g/mol. The molecule has 0 saturated carbocycles. The van der Waals surface area contributed by atoms with Gasteiger partial charge in [0.05, 0.1) is 18.3 Å². The molecular formula is C16H22N4OS. The largest absolute Gasteiger partial charge is 0.474 e. The Balaban J connectivity index is 1.58. The molecule has 1 aliphatic heterocycles. The first kappa shape index (κ1) is 15.1. The lowest BCUT2D eigenvalue weighted by atomic mass is 10.2. The van der Waals surface area contributed by atoms with Gasteiger partial charge in [0.15, 0.2) is 0 Å². The van der Waals surface area contributed by atoms with E-state index in [4.69, 9.17) is 4.74 Å². The van der Waals surface area contributed by atoms with Crippen LogP contribution >= 0.6 is 11.7 Å². The molecule has 0 atom stereocenters. The van der Waals surface area contributed by atoms with Crippen LogP contribution in [0.1, 0.15) is 19.8 Å². The van der Waals surface area contributed by atoms with Crippen molar-refractivity contribution in [1.29, 1.82) is 0 Å². The molecule has 0 radical (unpaired) electrons. The second-order valence-corrected chi connectivity index (χ2v) is 5.93.